The molecule has 2 heterocycles. The van der Waals surface area contributed by atoms with Crippen molar-refractivity contribution < 1.29 is 23.9 Å². The van der Waals surface area contributed by atoms with Gasteiger partial charge in [0.15, 0.2) is 0 Å². The Kier molecular flexibility index (Phi) is 7.65. The van der Waals surface area contributed by atoms with Gasteiger partial charge in [0.05, 0.1) is 18.8 Å². The van der Waals surface area contributed by atoms with Crippen LogP contribution in [-0.2, 0) is 9.47 Å². The number of amides is 2. The van der Waals surface area contributed by atoms with Gasteiger partial charge in [0.2, 0.25) is 0 Å². The molecule has 1 fully saturated rings. The number of esters is 2. The number of carbonyl (C=O) groups excluding carboxylic acids is 3. The van der Waals surface area contributed by atoms with Crippen LogP contribution in [0.4, 0.5) is 9.80 Å². The summed E-state index contributed by atoms with van der Waals surface area (Å²) < 4.78 is 10.2. The van der Waals surface area contributed by atoms with E-state index in [4.69, 9.17) is 9.47 Å². The van der Waals surface area contributed by atoms with Crippen LogP contribution in [0, 0.1) is 6.92 Å². The summed E-state index contributed by atoms with van der Waals surface area (Å²) >= 11 is 1.06. The van der Waals surface area contributed by atoms with Crippen molar-refractivity contribution in [1.29, 1.82) is 0 Å². The van der Waals surface area contributed by atoms with Crippen molar-refractivity contribution in [2.45, 2.75) is 59.4 Å². The number of hydrogen-bond donors (Lipinski definition) is 1. The molecule has 1 unspecified atom stereocenters. The quantitative estimate of drug-likeness (QED) is 0.728. The molecule has 150 valence electrons. The largest absolute Gasteiger partial charge is 0.462 e. The topological polar surface area (TPSA) is 84.9 Å². The van der Waals surface area contributed by atoms with Crippen molar-refractivity contribution >= 4 is 34.3 Å². The molecule has 1 aromatic heterocycles. The Balaban J connectivity index is 2.33. The highest BCUT2D eigenvalue weighted by Gasteiger charge is 2.30. The molecule has 0 bridgehead atoms. The van der Waals surface area contributed by atoms with Gasteiger partial charge in [-0.1, -0.05) is 6.92 Å². The zero-order valence-corrected chi connectivity index (χ0v) is 17.2. The fourth-order valence-corrected chi connectivity index (χ4v) is 4.38. The van der Waals surface area contributed by atoms with Crippen molar-refractivity contribution in [2.75, 3.05) is 25.1 Å². The molecule has 1 aliphatic heterocycles. The molecule has 27 heavy (non-hydrogen) atoms. The van der Waals surface area contributed by atoms with Gasteiger partial charge in [0.1, 0.15) is 9.88 Å². The molecule has 1 atom stereocenters. The van der Waals surface area contributed by atoms with Crippen LogP contribution in [0.25, 0.3) is 0 Å². The fourth-order valence-electron chi connectivity index (χ4n) is 3.30. The van der Waals surface area contributed by atoms with E-state index in [9.17, 15) is 14.4 Å². The summed E-state index contributed by atoms with van der Waals surface area (Å²) in [6, 6.07) is -0.0564. The predicted molar refractivity (Wildman–Crippen MR) is 105 cm³/mol. The Hall–Kier alpha value is -2.09. The maximum absolute atomic E-state index is 12.8. The number of nitrogens with one attached hydrogen (secondary N) is 1. The summed E-state index contributed by atoms with van der Waals surface area (Å²) in [6.07, 6.45) is 3.94. The highest BCUT2D eigenvalue weighted by molar-refractivity contribution is 7.18. The molecule has 8 heteroatoms. The van der Waals surface area contributed by atoms with E-state index in [0.717, 1.165) is 37.0 Å². The Morgan fingerprint density at radius 2 is 1.78 bits per heavy atom. The fraction of sp³-hybridized carbons (Fsp3) is 0.632. The third-order valence-electron chi connectivity index (χ3n) is 4.67. The number of nitrogens with zero attached hydrogens (tertiary/aromatic N) is 1. The Bertz CT molecular complexity index is 701. The van der Waals surface area contributed by atoms with Gasteiger partial charge in [-0.25, -0.2) is 14.4 Å². The maximum atomic E-state index is 12.8. The van der Waals surface area contributed by atoms with Crippen molar-refractivity contribution in [1.82, 2.24) is 4.90 Å². The monoisotopic (exact) mass is 396 g/mol. The summed E-state index contributed by atoms with van der Waals surface area (Å²) in [5.41, 5.74) is 0.696. The maximum Gasteiger partial charge on any atom is 0.348 e. The molecule has 7 nitrogen and oxygen atoms in total. The first-order valence-corrected chi connectivity index (χ1v) is 10.3. The SMILES string of the molecule is CCOC(=O)c1sc(NC(=O)N2CCCCC2CC)c(C(=O)OCC)c1C. The minimum Gasteiger partial charge on any atom is -0.462 e. The van der Waals surface area contributed by atoms with Gasteiger partial charge in [-0.05, 0) is 52.0 Å². The molecule has 1 aromatic rings. The molecule has 0 radical (unpaired) electrons. The molecule has 0 spiro atoms. The van der Waals surface area contributed by atoms with Crippen molar-refractivity contribution in [2.24, 2.45) is 0 Å². The van der Waals surface area contributed by atoms with Gasteiger partial charge < -0.3 is 14.4 Å². The van der Waals surface area contributed by atoms with E-state index in [1.807, 2.05) is 4.90 Å². The Labute approximate surface area is 164 Å². The number of hydrogen-bond acceptors (Lipinski definition) is 6. The standard InChI is InChI=1S/C19H28N2O5S/c1-5-13-10-8-9-11-21(13)19(24)20-16-14(17(22)25-6-2)12(4)15(27-16)18(23)26-7-3/h13H,5-11H2,1-4H3,(H,20,24). The van der Waals surface area contributed by atoms with Gasteiger partial charge in [-0.15, -0.1) is 11.3 Å². The number of likely N-dealkylation sites (tertiary alicyclic amines) is 1. The minimum atomic E-state index is -0.553. The van der Waals surface area contributed by atoms with Gasteiger partial charge in [0.25, 0.3) is 0 Å². The van der Waals surface area contributed by atoms with Crippen LogP contribution in [0.3, 0.4) is 0 Å². The second kappa shape index (κ2) is 9.73. The number of piperidine rings is 1. The smallest absolute Gasteiger partial charge is 0.348 e. The lowest BCUT2D eigenvalue weighted by molar-refractivity contribution is 0.0527. The Morgan fingerprint density at radius 1 is 1.11 bits per heavy atom. The molecule has 2 amide bonds. The van der Waals surface area contributed by atoms with Crippen molar-refractivity contribution in [3.8, 4) is 0 Å². The molecule has 2 rings (SSSR count). The first-order chi connectivity index (χ1) is 12.9. The van der Waals surface area contributed by atoms with Gasteiger partial charge in [-0.2, -0.15) is 0 Å². The zero-order valence-electron chi connectivity index (χ0n) is 16.4. The van der Waals surface area contributed by atoms with Crippen LogP contribution in [-0.4, -0.2) is 48.7 Å². The lowest BCUT2D eigenvalue weighted by atomic mass is 10.0. The van der Waals surface area contributed by atoms with Crippen LogP contribution < -0.4 is 5.32 Å². The summed E-state index contributed by atoms with van der Waals surface area (Å²) in [5, 5.41) is 3.17. The third kappa shape index (κ3) is 4.80. The van der Waals surface area contributed by atoms with E-state index in [2.05, 4.69) is 12.2 Å². The number of urea groups is 1. The zero-order chi connectivity index (χ0) is 20.0. The van der Waals surface area contributed by atoms with E-state index in [1.165, 1.54) is 0 Å². The number of thiophene rings is 1. The summed E-state index contributed by atoms with van der Waals surface area (Å²) in [4.78, 5) is 39.6. The van der Waals surface area contributed by atoms with Crippen LogP contribution in [0.15, 0.2) is 0 Å². The van der Waals surface area contributed by atoms with Crippen LogP contribution >= 0.6 is 11.3 Å². The molecular formula is C19H28N2O5S. The molecule has 1 aliphatic rings. The van der Waals surface area contributed by atoms with E-state index >= 15 is 0 Å². The number of anilines is 1. The van der Waals surface area contributed by atoms with E-state index < -0.39 is 11.9 Å². The Morgan fingerprint density at radius 3 is 2.41 bits per heavy atom. The van der Waals surface area contributed by atoms with Crippen molar-refractivity contribution in [3.05, 3.63) is 16.0 Å². The number of carbonyl (C=O) groups is 3. The second-order valence-corrected chi connectivity index (χ2v) is 7.40. The number of ether oxygens (including phenoxy) is 2. The average Bonchev–Trinajstić information content (AvgIpc) is 2.98. The van der Waals surface area contributed by atoms with Crippen LogP contribution in [0.2, 0.25) is 0 Å². The molecule has 0 aliphatic carbocycles. The average molecular weight is 397 g/mol. The molecule has 1 saturated heterocycles. The van der Waals surface area contributed by atoms with E-state index in [-0.39, 0.29) is 30.9 Å². The van der Waals surface area contributed by atoms with Gasteiger partial charge in [-0.3, -0.25) is 5.32 Å². The number of rotatable bonds is 6. The van der Waals surface area contributed by atoms with E-state index in [1.54, 1.807) is 20.8 Å². The molecule has 0 saturated carbocycles. The summed E-state index contributed by atoms with van der Waals surface area (Å²) in [6.45, 7) is 8.29. The lowest BCUT2D eigenvalue weighted by Gasteiger charge is -2.35. The normalized spacial score (nSPS) is 16.7. The van der Waals surface area contributed by atoms with Crippen LogP contribution in [0.5, 0.6) is 0 Å². The summed E-state index contributed by atoms with van der Waals surface area (Å²) in [5.74, 6) is -1.06. The van der Waals surface area contributed by atoms with Gasteiger partial charge >= 0.3 is 18.0 Å². The van der Waals surface area contributed by atoms with E-state index in [0.29, 0.717) is 22.0 Å². The van der Waals surface area contributed by atoms with Crippen molar-refractivity contribution in [3.63, 3.8) is 0 Å². The highest BCUT2D eigenvalue weighted by Crippen LogP contribution is 2.35. The minimum absolute atomic E-state index is 0.190. The second-order valence-electron chi connectivity index (χ2n) is 6.38. The first-order valence-electron chi connectivity index (χ1n) is 9.49. The third-order valence-corrected chi connectivity index (χ3v) is 5.85. The predicted octanol–water partition coefficient (Wildman–Crippen LogP) is 4.21. The summed E-state index contributed by atoms with van der Waals surface area (Å²) in [7, 11) is 0. The lowest BCUT2D eigenvalue weighted by Crippen LogP contribution is -2.45. The molecule has 0 aromatic carbocycles. The van der Waals surface area contributed by atoms with Crippen LogP contribution in [0.1, 0.15) is 72.0 Å². The van der Waals surface area contributed by atoms with Gasteiger partial charge in [0, 0.05) is 12.6 Å². The highest BCUT2D eigenvalue weighted by atomic mass is 32.1. The molecular weight excluding hydrogens is 368 g/mol. The molecule has 1 N–H and O–H groups in total. The first kappa shape index (κ1) is 21.2.